The molecule has 0 aliphatic carbocycles. The van der Waals surface area contributed by atoms with Crippen LogP contribution < -0.4 is 20.0 Å². The Balaban J connectivity index is 1.20. The Morgan fingerprint density at radius 1 is 0.872 bits per heavy atom. The van der Waals surface area contributed by atoms with Gasteiger partial charge < -0.3 is 28.6 Å². The van der Waals surface area contributed by atoms with Gasteiger partial charge in [-0.1, -0.05) is 36.4 Å². The van der Waals surface area contributed by atoms with Crippen molar-refractivity contribution in [2.75, 3.05) is 74.4 Å². The van der Waals surface area contributed by atoms with Crippen LogP contribution in [0.4, 0.5) is 17.6 Å². The lowest BCUT2D eigenvalue weighted by atomic mass is 10.2. The highest BCUT2D eigenvalue weighted by Crippen LogP contribution is 2.23. The maximum Gasteiger partial charge on any atom is 0.229 e. The number of benzene rings is 2. The molecule has 10 heteroatoms. The van der Waals surface area contributed by atoms with E-state index in [-0.39, 0.29) is 0 Å². The summed E-state index contributed by atoms with van der Waals surface area (Å²) in [4.78, 5) is 14.0. The highest BCUT2D eigenvalue weighted by molar-refractivity contribution is 5.99. The Kier molecular flexibility index (Phi) is 7.83. The molecule has 4 heterocycles. The topological polar surface area (TPSA) is 89.3 Å². The summed E-state index contributed by atoms with van der Waals surface area (Å²) in [6, 6.07) is 20.2. The van der Waals surface area contributed by atoms with E-state index in [9.17, 15) is 0 Å². The van der Waals surface area contributed by atoms with Gasteiger partial charge in [0.2, 0.25) is 5.95 Å². The Bertz CT molecular complexity index is 1360. The summed E-state index contributed by atoms with van der Waals surface area (Å²) in [7, 11) is 0. The lowest BCUT2D eigenvalue weighted by Gasteiger charge is -2.31. The van der Waals surface area contributed by atoms with E-state index in [1.54, 1.807) is 0 Å². The molecule has 39 heavy (non-hydrogen) atoms. The highest BCUT2D eigenvalue weighted by atomic mass is 16.5. The molecule has 0 amide bonds. The van der Waals surface area contributed by atoms with E-state index in [0.717, 1.165) is 60.8 Å². The second-order valence-electron chi connectivity index (χ2n) is 9.44. The zero-order chi connectivity index (χ0) is 26.3. The molecule has 0 atom stereocenters. The molecule has 202 valence electrons. The molecule has 6 rings (SSSR count). The fourth-order valence-electron chi connectivity index (χ4n) is 4.85. The molecule has 0 spiro atoms. The number of nitrogens with one attached hydrogen (secondary N) is 1. The lowest BCUT2D eigenvalue weighted by molar-refractivity contribution is 0.121. The van der Waals surface area contributed by atoms with Crippen molar-refractivity contribution in [3.05, 3.63) is 72.4 Å². The van der Waals surface area contributed by atoms with Crippen LogP contribution in [0.3, 0.4) is 0 Å². The molecule has 1 N–H and O–H groups in total. The van der Waals surface area contributed by atoms with Gasteiger partial charge in [0.25, 0.3) is 0 Å². The Hall–Kier alpha value is -4.15. The minimum absolute atomic E-state index is 0.576. The van der Waals surface area contributed by atoms with Gasteiger partial charge in [0.1, 0.15) is 18.2 Å². The average Bonchev–Trinajstić information content (AvgIpc) is 3.36. The summed E-state index contributed by atoms with van der Waals surface area (Å²) in [5, 5.41) is 5.71. The molecule has 2 aliphatic heterocycles. The number of hydrogen-bond donors (Lipinski definition) is 1. The molecule has 0 bridgehead atoms. The molecule has 0 radical (unpaired) electrons. The van der Waals surface area contributed by atoms with Crippen molar-refractivity contribution >= 4 is 34.7 Å². The van der Waals surface area contributed by atoms with E-state index in [1.165, 1.54) is 0 Å². The summed E-state index contributed by atoms with van der Waals surface area (Å²) >= 11 is 0. The fourth-order valence-corrected chi connectivity index (χ4v) is 4.85. The Labute approximate surface area is 227 Å². The van der Waals surface area contributed by atoms with Crippen LogP contribution in [0.25, 0.3) is 10.9 Å². The van der Waals surface area contributed by atoms with E-state index >= 15 is 0 Å². The molecule has 2 aromatic heterocycles. The minimum atomic E-state index is 0.576. The van der Waals surface area contributed by atoms with E-state index in [0.29, 0.717) is 44.8 Å². The molecule has 2 saturated heterocycles. The first-order chi connectivity index (χ1) is 19.3. The maximum absolute atomic E-state index is 5.92. The summed E-state index contributed by atoms with van der Waals surface area (Å²) in [5.74, 6) is 3.10. The number of morpholine rings is 2. The van der Waals surface area contributed by atoms with Gasteiger partial charge in [-0.15, -0.1) is 0 Å². The van der Waals surface area contributed by atoms with E-state index < -0.39 is 0 Å². The van der Waals surface area contributed by atoms with Gasteiger partial charge in [-0.3, -0.25) is 5.43 Å². The zero-order valence-corrected chi connectivity index (χ0v) is 21.9. The predicted octanol–water partition coefficient (Wildman–Crippen LogP) is 3.63. The van der Waals surface area contributed by atoms with Crippen LogP contribution in [0.5, 0.6) is 5.75 Å². The van der Waals surface area contributed by atoms with Gasteiger partial charge in [0, 0.05) is 54.9 Å². The second-order valence-corrected chi connectivity index (χ2v) is 9.44. The molecule has 2 aliphatic rings. The smallest absolute Gasteiger partial charge is 0.229 e. The van der Waals surface area contributed by atoms with E-state index in [1.807, 2.05) is 48.7 Å². The number of anilines is 3. The largest absolute Gasteiger partial charge is 0.492 e. The van der Waals surface area contributed by atoms with Gasteiger partial charge in [-0.25, -0.2) is 0 Å². The van der Waals surface area contributed by atoms with Crippen LogP contribution >= 0.6 is 0 Å². The third-order valence-electron chi connectivity index (χ3n) is 6.88. The van der Waals surface area contributed by atoms with Gasteiger partial charge in [0.05, 0.1) is 39.2 Å². The van der Waals surface area contributed by atoms with Crippen molar-refractivity contribution in [2.45, 2.75) is 6.54 Å². The van der Waals surface area contributed by atoms with Crippen LogP contribution in [0.2, 0.25) is 0 Å². The predicted molar refractivity (Wildman–Crippen MR) is 153 cm³/mol. The number of rotatable bonds is 9. The van der Waals surface area contributed by atoms with Crippen molar-refractivity contribution in [1.29, 1.82) is 0 Å². The monoisotopic (exact) mass is 527 g/mol. The molecule has 2 aromatic carbocycles. The van der Waals surface area contributed by atoms with Gasteiger partial charge in [-0.05, 0) is 18.2 Å². The van der Waals surface area contributed by atoms with Crippen LogP contribution in [-0.4, -0.2) is 80.0 Å². The second kappa shape index (κ2) is 12.1. The summed E-state index contributed by atoms with van der Waals surface area (Å²) in [5.41, 5.74) is 5.32. The molecular formula is C29H33N7O3. The first-order valence-electron chi connectivity index (χ1n) is 13.4. The third kappa shape index (κ3) is 6.13. The van der Waals surface area contributed by atoms with Crippen molar-refractivity contribution in [2.24, 2.45) is 5.10 Å². The fraction of sp³-hybridized carbons (Fsp3) is 0.345. The molecule has 4 aromatic rings. The lowest BCUT2D eigenvalue weighted by Crippen LogP contribution is -2.39. The van der Waals surface area contributed by atoms with Gasteiger partial charge in [-0.2, -0.15) is 15.1 Å². The third-order valence-corrected chi connectivity index (χ3v) is 6.88. The van der Waals surface area contributed by atoms with Gasteiger partial charge >= 0.3 is 0 Å². The Morgan fingerprint density at radius 2 is 1.59 bits per heavy atom. The number of nitrogens with zero attached hydrogens (tertiary/aromatic N) is 6. The molecule has 10 nitrogen and oxygen atoms in total. The van der Waals surface area contributed by atoms with Crippen molar-refractivity contribution in [3.8, 4) is 5.75 Å². The SMILES string of the molecule is C(=N\Nc1cc(N2CCOCC2)nc(N2CCOCC2)n1)/c1cn(CCOc2ccccc2)c2ccccc12. The van der Waals surface area contributed by atoms with Crippen LogP contribution in [0.15, 0.2) is 72.0 Å². The van der Waals surface area contributed by atoms with Crippen LogP contribution in [0.1, 0.15) is 5.56 Å². The summed E-state index contributed by atoms with van der Waals surface area (Å²) in [6.07, 6.45) is 3.96. The van der Waals surface area contributed by atoms with Crippen LogP contribution in [-0.2, 0) is 16.0 Å². The number of hydrogen-bond acceptors (Lipinski definition) is 9. The summed E-state index contributed by atoms with van der Waals surface area (Å²) < 4.78 is 19.2. The summed E-state index contributed by atoms with van der Waals surface area (Å²) in [6.45, 7) is 7.17. The molecular weight excluding hydrogens is 494 g/mol. The number of fused-ring (bicyclic) bond motifs is 1. The van der Waals surface area contributed by atoms with Crippen LogP contribution in [0, 0.1) is 0 Å². The number of para-hydroxylation sites is 2. The molecule has 0 saturated carbocycles. The highest BCUT2D eigenvalue weighted by Gasteiger charge is 2.19. The average molecular weight is 528 g/mol. The van der Waals surface area contributed by atoms with Crippen molar-refractivity contribution < 1.29 is 14.2 Å². The minimum Gasteiger partial charge on any atom is -0.492 e. The standard InChI is InChI=1S/C29H33N7O3/c1-2-6-24(7-3-1)39-19-14-36-22-23(25-8-4-5-9-26(25)36)21-30-33-27-20-28(34-10-15-37-16-11-34)32-29(31-27)35-12-17-38-18-13-35/h1-9,20-22H,10-19H2,(H,31,32,33)/b30-21+. The zero-order valence-electron chi connectivity index (χ0n) is 21.9. The van der Waals surface area contributed by atoms with Gasteiger partial charge in [0.15, 0.2) is 5.82 Å². The normalized spacial score (nSPS) is 16.2. The number of hydrazone groups is 1. The first kappa shape index (κ1) is 25.1. The first-order valence-corrected chi connectivity index (χ1v) is 13.4. The quantitative estimate of drug-likeness (QED) is 0.261. The van der Waals surface area contributed by atoms with Crippen molar-refractivity contribution in [3.63, 3.8) is 0 Å². The Morgan fingerprint density at radius 3 is 2.38 bits per heavy atom. The molecule has 2 fully saturated rings. The number of aromatic nitrogens is 3. The van der Waals surface area contributed by atoms with E-state index in [2.05, 4.69) is 49.3 Å². The van der Waals surface area contributed by atoms with Crippen molar-refractivity contribution in [1.82, 2.24) is 14.5 Å². The van der Waals surface area contributed by atoms with E-state index in [4.69, 9.17) is 24.2 Å². The molecule has 0 unspecified atom stereocenters. The number of ether oxygens (including phenoxy) is 3. The maximum atomic E-state index is 5.92.